The smallest absolute Gasteiger partial charge is 0.190 e. The Labute approximate surface area is 42.7 Å². The van der Waals surface area contributed by atoms with Crippen LogP contribution in [0.15, 0.2) is 17.3 Å². The molecule has 3 heteroatoms. The van der Waals surface area contributed by atoms with Crippen molar-refractivity contribution in [1.29, 1.82) is 0 Å². The number of rotatable bonds is 2. The van der Waals surface area contributed by atoms with Crippen molar-refractivity contribution in [1.82, 2.24) is 0 Å². The SMILES string of the molecule is C=N[C](N)C(=C)N. The molecule has 0 bridgehead atoms. The monoisotopic (exact) mass is 98.1 g/mol. The summed E-state index contributed by atoms with van der Waals surface area (Å²) in [4.78, 5) is 3.31. The highest BCUT2D eigenvalue weighted by atomic mass is 15.0. The van der Waals surface area contributed by atoms with E-state index in [1.54, 1.807) is 0 Å². The van der Waals surface area contributed by atoms with Crippen LogP contribution in [0, 0.1) is 6.17 Å². The lowest BCUT2D eigenvalue weighted by Gasteiger charge is -1.98. The van der Waals surface area contributed by atoms with Crippen LogP contribution < -0.4 is 11.5 Å². The highest BCUT2D eigenvalue weighted by Gasteiger charge is 1.96. The summed E-state index contributed by atoms with van der Waals surface area (Å²) < 4.78 is 0. The first-order valence-electron chi connectivity index (χ1n) is 1.72. The molecule has 0 aromatic carbocycles. The second kappa shape index (κ2) is 2.36. The molecule has 0 rings (SSSR count). The van der Waals surface area contributed by atoms with Crippen LogP contribution in [0.3, 0.4) is 0 Å². The molecule has 0 aliphatic carbocycles. The molecule has 0 aromatic heterocycles. The van der Waals surface area contributed by atoms with Crippen molar-refractivity contribution >= 4 is 6.72 Å². The van der Waals surface area contributed by atoms with E-state index in [-0.39, 0.29) is 11.9 Å². The van der Waals surface area contributed by atoms with E-state index in [2.05, 4.69) is 18.3 Å². The zero-order chi connectivity index (χ0) is 5.86. The molecule has 0 saturated heterocycles. The molecule has 0 aliphatic heterocycles. The van der Waals surface area contributed by atoms with Gasteiger partial charge >= 0.3 is 0 Å². The van der Waals surface area contributed by atoms with Crippen LogP contribution in [-0.4, -0.2) is 6.72 Å². The summed E-state index contributed by atoms with van der Waals surface area (Å²) in [5, 5.41) is 0. The molecule has 7 heavy (non-hydrogen) atoms. The van der Waals surface area contributed by atoms with Gasteiger partial charge in [0.15, 0.2) is 6.17 Å². The van der Waals surface area contributed by atoms with Crippen molar-refractivity contribution in [3.05, 3.63) is 18.4 Å². The second-order valence-electron chi connectivity index (χ2n) is 1.07. The Bertz CT molecular complexity index is 86.9. The van der Waals surface area contributed by atoms with E-state index >= 15 is 0 Å². The number of nitrogens with two attached hydrogens (primary N) is 2. The van der Waals surface area contributed by atoms with Crippen LogP contribution in [0.25, 0.3) is 0 Å². The predicted molar refractivity (Wildman–Crippen MR) is 30.3 cm³/mol. The average Bonchev–Trinajstić information content (AvgIpc) is 1.65. The number of hydrogen-bond acceptors (Lipinski definition) is 3. The van der Waals surface area contributed by atoms with Crippen LogP contribution >= 0.6 is 0 Å². The maximum atomic E-state index is 5.08. The Morgan fingerprint density at radius 3 is 1.86 bits per heavy atom. The van der Waals surface area contributed by atoms with Gasteiger partial charge in [-0.2, -0.15) is 0 Å². The minimum absolute atomic E-state index is 0.194. The van der Waals surface area contributed by atoms with Gasteiger partial charge in [-0.3, -0.25) is 10.7 Å². The van der Waals surface area contributed by atoms with E-state index in [4.69, 9.17) is 11.5 Å². The molecule has 0 heterocycles. The second-order valence-corrected chi connectivity index (χ2v) is 1.07. The molecule has 0 fully saturated rings. The number of aliphatic imine (C=N–C) groups is 1. The number of nitrogens with zero attached hydrogens (tertiary/aromatic N) is 1. The third kappa shape index (κ3) is 1.94. The van der Waals surface area contributed by atoms with Gasteiger partial charge in [0, 0.05) is 5.70 Å². The van der Waals surface area contributed by atoms with Gasteiger partial charge in [-0.1, -0.05) is 6.58 Å². The molecule has 0 atom stereocenters. The highest BCUT2D eigenvalue weighted by molar-refractivity contribution is 5.30. The van der Waals surface area contributed by atoms with Crippen molar-refractivity contribution in [2.24, 2.45) is 16.5 Å². The molecule has 0 aromatic rings. The molecule has 0 saturated carbocycles. The lowest BCUT2D eigenvalue weighted by atomic mass is 10.4. The average molecular weight is 98.1 g/mol. The molecule has 0 spiro atoms. The summed E-state index contributed by atoms with van der Waals surface area (Å²) in [6.07, 6.45) is 0.194. The molecule has 0 amide bonds. The molecular weight excluding hydrogens is 90.1 g/mol. The van der Waals surface area contributed by atoms with Crippen molar-refractivity contribution < 1.29 is 0 Å². The third-order valence-electron chi connectivity index (χ3n) is 0.499. The van der Waals surface area contributed by atoms with E-state index in [0.29, 0.717) is 0 Å². The van der Waals surface area contributed by atoms with Crippen LogP contribution in [0.1, 0.15) is 0 Å². The summed E-state index contributed by atoms with van der Waals surface area (Å²) in [5.74, 6) is 0. The maximum absolute atomic E-state index is 5.08. The fourth-order valence-corrected chi connectivity index (χ4v) is 0.102. The molecule has 3 nitrogen and oxygen atoms in total. The van der Waals surface area contributed by atoms with Crippen molar-refractivity contribution in [3.63, 3.8) is 0 Å². The van der Waals surface area contributed by atoms with Crippen LogP contribution in [0.4, 0.5) is 0 Å². The number of hydrogen-bond donors (Lipinski definition) is 2. The van der Waals surface area contributed by atoms with Gasteiger partial charge in [-0.05, 0) is 6.72 Å². The first-order chi connectivity index (χ1) is 3.18. The van der Waals surface area contributed by atoms with Gasteiger partial charge in [-0.15, -0.1) is 0 Å². The highest BCUT2D eigenvalue weighted by Crippen LogP contribution is 1.94. The van der Waals surface area contributed by atoms with E-state index < -0.39 is 0 Å². The van der Waals surface area contributed by atoms with Crippen LogP contribution in [-0.2, 0) is 0 Å². The van der Waals surface area contributed by atoms with Gasteiger partial charge in [0.05, 0.1) is 0 Å². The minimum Gasteiger partial charge on any atom is -0.399 e. The summed E-state index contributed by atoms with van der Waals surface area (Å²) >= 11 is 0. The Kier molecular flexibility index (Phi) is 2.08. The molecule has 1 radical (unpaired) electrons. The molecular formula is C4H8N3. The first kappa shape index (κ1) is 6.17. The summed E-state index contributed by atoms with van der Waals surface area (Å²) in [5.41, 5.74) is 10.4. The quantitative estimate of drug-likeness (QED) is 0.462. The maximum Gasteiger partial charge on any atom is 0.190 e. The Morgan fingerprint density at radius 2 is 1.86 bits per heavy atom. The summed E-state index contributed by atoms with van der Waals surface area (Å²) in [7, 11) is 0. The van der Waals surface area contributed by atoms with Crippen molar-refractivity contribution in [2.75, 3.05) is 0 Å². The molecule has 0 unspecified atom stereocenters. The van der Waals surface area contributed by atoms with Gasteiger partial charge in [0.1, 0.15) is 0 Å². The van der Waals surface area contributed by atoms with Crippen molar-refractivity contribution in [2.45, 2.75) is 0 Å². The lowest BCUT2D eigenvalue weighted by molar-refractivity contribution is 1.01. The zero-order valence-corrected chi connectivity index (χ0v) is 4.02. The Balaban J connectivity index is 3.55. The summed E-state index contributed by atoms with van der Waals surface area (Å²) in [6, 6.07) is 0. The van der Waals surface area contributed by atoms with E-state index in [9.17, 15) is 0 Å². The van der Waals surface area contributed by atoms with Crippen LogP contribution in [0.5, 0.6) is 0 Å². The van der Waals surface area contributed by atoms with Crippen LogP contribution in [0.2, 0.25) is 0 Å². The largest absolute Gasteiger partial charge is 0.399 e. The fourth-order valence-electron chi connectivity index (χ4n) is 0.102. The topological polar surface area (TPSA) is 64.4 Å². The standard InChI is InChI=1S/C4H8N3/c1-3(5)4(6)7-2/h1-2,5-6H2. The van der Waals surface area contributed by atoms with Gasteiger partial charge < -0.3 is 5.73 Å². The van der Waals surface area contributed by atoms with E-state index in [1.807, 2.05) is 0 Å². The Hall–Kier alpha value is -0.830. The van der Waals surface area contributed by atoms with E-state index in [1.165, 1.54) is 0 Å². The predicted octanol–water partition coefficient (Wildman–Crippen LogP) is -0.392. The van der Waals surface area contributed by atoms with Crippen molar-refractivity contribution in [3.8, 4) is 0 Å². The third-order valence-corrected chi connectivity index (χ3v) is 0.499. The zero-order valence-electron chi connectivity index (χ0n) is 4.02. The van der Waals surface area contributed by atoms with E-state index in [0.717, 1.165) is 0 Å². The lowest BCUT2D eigenvalue weighted by Crippen LogP contribution is -2.14. The Morgan fingerprint density at radius 1 is 1.43 bits per heavy atom. The fraction of sp³-hybridized carbons (Fsp3) is 0. The first-order valence-corrected chi connectivity index (χ1v) is 1.72. The van der Waals surface area contributed by atoms with Gasteiger partial charge in [0.2, 0.25) is 0 Å². The molecule has 4 N–H and O–H groups in total. The van der Waals surface area contributed by atoms with Gasteiger partial charge in [-0.25, -0.2) is 0 Å². The minimum atomic E-state index is 0.194. The molecule has 39 valence electrons. The summed E-state index contributed by atoms with van der Waals surface area (Å²) in [6.45, 7) is 6.44. The normalized spacial score (nSPS) is 8.86. The molecule has 0 aliphatic rings. The van der Waals surface area contributed by atoms with Gasteiger partial charge in [0.25, 0.3) is 0 Å².